The van der Waals surface area contributed by atoms with Gasteiger partial charge in [0.15, 0.2) is 0 Å². The number of amides is 1. The van der Waals surface area contributed by atoms with E-state index in [0.29, 0.717) is 6.54 Å². The van der Waals surface area contributed by atoms with Crippen LogP contribution in [0.5, 0.6) is 0 Å². The molecule has 0 saturated carbocycles. The van der Waals surface area contributed by atoms with Crippen LogP contribution in [-0.2, 0) is 4.79 Å². The standard InChI is InChI=1S/C7H10N4O/c8-6-1-2-11(7(6)12)5-3-9-10-4-5/h3-4,6H,1-2,8H2,(H,9,10). The first kappa shape index (κ1) is 7.30. The van der Waals surface area contributed by atoms with E-state index in [0.717, 1.165) is 12.1 Å². The molecule has 0 aromatic carbocycles. The Hall–Kier alpha value is -1.36. The number of nitrogens with zero attached hydrogens (tertiary/aromatic N) is 2. The molecule has 5 heteroatoms. The van der Waals surface area contributed by atoms with Crippen molar-refractivity contribution in [2.24, 2.45) is 5.73 Å². The van der Waals surface area contributed by atoms with Gasteiger partial charge < -0.3 is 10.6 Å². The summed E-state index contributed by atoms with van der Waals surface area (Å²) < 4.78 is 0. The fourth-order valence-corrected chi connectivity index (χ4v) is 1.35. The van der Waals surface area contributed by atoms with E-state index >= 15 is 0 Å². The number of hydrogen-bond acceptors (Lipinski definition) is 3. The van der Waals surface area contributed by atoms with E-state index in [1.54, 1.807) is 17.3 Å². The summed E-state index contributed by atoms with van der Waals surface area (Å²) in [5.41, 5.74) is 6.35. The smallest absolute Gasteiger partial charge is 0.244 e. The molecule has 5 nitrogen and oxygen atoms in total. The predicted octanol–water partition coefficient (Wildman–Crippen LogP) is -0.526. The molecule has 1 atom stereocenters. The zero-order chi connectivity index (χ0) is 8.55. The Balaban J connectivity index is 2.22. The lowest BCUT2D eigenvalue weighted by Gasteiger charge is -2.12. The molecule has 0 bridgehead atoms. The van der Waals surface area contributed by atoms with Gasteiger partial charge in [0.2, 0.25) is 5.91 Å². The van der Waals surface area contributed by atoms with Crippen LogP contribution in [0.2, 0.25) is 0 Å². The molecule has 3 N–H and O–H groups in total. The molecule has 1 aliphatic rings. The highest BCUT2D eigenvalue weighted by molar-refractivity contribution is 5.98. The number of hydrogen-bond donors (Lipinski definition) is 2. The summed E-state index contributed by atoms with van der Waals surface area (Å²) in [6.45, 7) is 0.694. The Morgan fingerprint density at radius 2 is 2.58 bits per heavy atom. The maximum Gasteiger partial charge on any atom is 0.244 e. The van der Waals surface area contributed by atoms with E-state index in [1.807, 2.05) is 0 Å². The maximum atomic E-state index is 11.4. The van der Waals surface area contributed by atoms with Gasteiger partial charge in [-0.2, -0.15) is 5.10 Å². The Morgan fingerprint density at radius 1 is 1.75 bits per heavy atom. The number of aromatic amines is 1. The molecule has 12 heavy (non-hydrogen) atoms. The van der Waals surface area contributed by atoms with Gasteiger partial charge in [0.05, 0.1) is 17.9 Å². The second-order valence-electron chi connectivity index (χ2n) is 2.84. The molecule has 0 spiro atoms. The number of aromatic nitrogens is 2. The summed E-state index contributed by atoms with van der Waals surface area (Å²) in [6.07, 6.45) is 4.04. The van der Waals surface area contributed by atoms with Gasteiger partial charge in [0.25, 0.3) is 0 Å². The van der Waals surface area contributed by atoms with Gasteiger partial charge in [-0.15, -0.1) is 0 Å². The van der Waals surface area contributed by atoms with Crippen molar-refractivity contribution in [3.05, 3.63) is 12.4 Å². The van der Waals surface area contributed by atoms with Crippen molar-refractivity contribution < 1.29 is 4.79 Å². The normalized spacial score (nSPS) is 23.6. The third kappa shape index (κ3) is 0.984. The molecule has 64 valence electrons. The van der Waals surface area contributed by atoms with E-state index < -0.39 is 0 Å². The highest BCUT2D eigenvalue weighted by Gasteiger charge is 2.29. The van der Waals surface area contributed by atoms with Crippen molar-refractivity contribution in [3.8, 4) is 0 Å². The van der Waals surface area contributed by atoms with Gasteiger partial charge in [-0.25, -0.2) is 0 Å². The Morgan fingerprint density at radius 3 is 3.08 bits per heavy atom. The average molecular weight is 166 g/mol. The number of carbonyl (C=O) groups excluding carboxylic acids is 1. The summed E-state index contributed by atoms with van der Waals surface area (Å²) in [5, 5.41) is 6.42. The third-order valence-electron chi connectivity index (χ3n) is 2.04. The number of anilines is 1. The van der Waals surface area contributed by atoms with Gasteiger partial charge in [0.1, 0.15) is 0 Å². The third-order valence-corrected chi connectivity index (χ3v) is 2.04. The van der Waals surface area contributed by atoms with Crippen LogP contribution in [0.3, 0.4) is 0 Å². The quantitative estimate of drug-likeness (QED) is 0.589. The first-order chi connectivity index (χ1) is 5.79. The van der Waals surface area contributed by atoms with Crippen LogP contribution in [0.15, 0.2) is 12.4 Å². The van der Waals surface area contributed by atoms with Crippen LogP contribution < -0.4 is 10.6 Å². The van der Waals surface area contributed by atoms with Crippen molar-refractivity contribution in [3.63, 3.8) is 0 Å². The number of nitrogens with one attached hydrogen (secondary N) is 1. The number of carbonyl (C=O) groups is 1. The van der Waals surface area contributed by atoms with Crippen molar-refractivity contribution in [1.82, 2.24) is 10.2 Å². The number of H-pyrrole nitrogens is 1. The second kappa shape index (κ2) is 2.60. The van der Waals surface area contributed by atoms with E-state index in [9.17, 15) is 4.79 Å². The summed E-state index contributed by atoms with van der Waals surface area (Å²) in [5.74, 6) is -0.0172. The lowest BCUT2D eigenvalue weighted by molar-refractivity contribution is -0.118. The van der Waals surface area contributed by atoms with Crippen molar-refractivity contribution >= 4 is 11.6 Å². The molecule has 2 heterocycles. The van der Waals surface area contributed by atoms with Crippen molar-refractivity contribution in [2.75, 3.05) is 11.4 Å². The molecule has 0 radical (unpaired) electrons. The monoisotopic (exact) mass is 166 g/mol. The van der Waals surface area contributed by atoms with Crippen LogP contribution in [0.25, 0.3) is 0 Å². The molecule has 1 aromatic heterocycles. The fourth-order valence-electron chi connectivity index (χ4n) is 1.35. The highest BCUT2D eigenvalue weighted by Crippen LogP contribution is 2.18. The van der Waals surface area contributed by atoms with Crippen LogP contribution in [0.4, 0.5) is 5.69 Å². The van der Waals surface area contributed by atoms with Gasteiger partial charge >= 0.3 is 0 Å². The molecule has 1 unspecified atom stereocenters. The highest BCUT2D eigenvalue weighted by atomic mass is 16.2. The molecule has 1 saturated heterocycles. The lowest BCUT2D eigenvalue weighted by Crippen LogP contribution is -2.33. The molecule has 0 aliphatic carbocycles. The second-order valence-corrected chi connectivity index (χ2v) is 2.84. The minimum atomic E-state index is -0.333. The van der Waals surface area contributed by atoms with Crippen molar-refractivity contribution in [2.45, 2.75) is 12.5 Å². The summed E-state index contributed by atoms with van der Waals surface area (Å²) >= 11 is 0. The molecular formula is C7H10N4O. The maximum absolute atomic E-state index is 11.4. The molecule has 1 aromatic rings. The van der Waals surface area contributed by atoms with Gasteiger partial charge in [-0.1, -0.05) is 0 Å². The van der Waals surface area contributed by atoms with E-state index in [4.69, 9.17) is 5.73 Å². The van der Waals surface area contributed by atoms with E-state index in [-0.39, 0.29) is 11.9 Å². The Bertz CT molecular complexity index is 282. The number of nitrogens with two attached hydrogens (primary N) is 1. The van der Waals surface area contributed by atoms with Gasteiger partial charge in [0, 0.05) is 12.7 Å². The van der Waals surface area contributed by atoms with Gasteiger partial charge in [-0.05, 0) is 6.42 Å². The Labute approximate surface area is 69.5 Å². The van der Waals surface area contributed by atoms with Crippen LogP contribution in [0.1, 0.15) is 6.42 Å². The summed E-state index contributed by atoms with van der Waals surface area (Å²) in [4.78, 5) is 13.0. The van der Waals surface area contributed by atoms with Crippen LogP contribution in [0, 0.1) is 0 Å². The first-order valence-corrected chi connectivity index (χ1v) is 3.85. The van der Waals surface area contributed by atoms with E-state index in [1.165, 1.54) is 0 Å². The van der Waals surface area contributed by atoms with Gasteiger partial charge in [-0.3, -0.25) is 9.89 Å². The lowest BCUT2D eigenvalue weighted by atomic mass is 10.3. The average Bonchev–Trinajstić information content (AvgIpc) is 2.64. The predicted molar refractivity (Wildman–Crippen MR) is 43.5 cm³/mol. The molecular weight excluding hydrogens is 156 g/mol. The Kier molecular flexibility index (Phi) is 1.58. The largest absolute Gasteiger partial charge is 0.320 e. The molecule has 2 rings (SSSR count). The minimum absolute atomic E-state index is 0.0172. The molecule has 1 aliphatic heterocycles. The summed E-state index contributed by atoms with van der Waals surface area (Å²) in [7, 11) is 0. The SMILES string of the molecule is NC1CCN(c2cn[nH]c2)C1=O. The van der Waals surface area contributed by atoms with Crippen LogP contribution in [-0.4, -0.2) is 28.7 Å². The first-order valence-electron chi connectivity index (χ1n) is 3.85. The van der Waals surface area contributed by atoms with Crippen LogP contribution >= 0.6 is 0 Å². The molecule has 1 fully saturated rings. The zero-order valence-corrected chi connectivity index (χ0v) is 6.53. The zero-order valence-electron chi connectivity index (χ0n) is 6.53. The molecule has 1 amide bonds. The topological polar surface area (TPSA) is 75.0 Å². The van der Waals surface area contributed by atoms with E-state index in [2.05, 4.69) is 10.2 Å². The minimum Gasteiger partial charge on any atom is -0.320 e. The summed E-state index contributed by atoms with van der Waals surface area (Å²) in [6, 6.07) is -0.333. The number of rotatable bonds is 1. The van der Waals surface area contributed by atoms with Crippen molar-refractivity contribution in [1.29, 1.82) is 0 Å². The fraction of sp³-hybridized carbons (Fsp3) is 0.429.